The van der Waals surface area contributed by atoms with E-state index in [1.807, 2.05) is 12.1 Å². The summed E-state index contributed by atoms with van der Waals surface area (Å²) in [6.07, 6.45) is 3.93. The first-order chi connectivity index (χ1) is 11.2. The molecule has 23 heavy (non-hydrogen) atoms. The number of aromatic nitrogens is 1. The molecule has 1 aliphatic heterocycles. The minimum Gasteiger partial charge on any atom is -0.464 e. The van der Waals surface area contributed by atoms with Crippen LogP contribution in [0, 0.1) is 11.7 Å². The van der Waals surface area contributed by atoms with Crippen LogP contribution in [0.3, 0.4) is 0 Å². The van der Waals surface area contributed by atoms with Gasteiger partial charge >= 0.3 is 0 Å². The fourth-order valence-electron chi connectivity index (χ4n) is 2.89. The van der Waals surface area contributed by atoms with E-state index in [0.29, 0.717) is 18.2 Å². The van der Waals surface area contributed by atoms with Gasteiger partial charge in [-0.1, -0.05) is 12.1 Å². The maximum atomic E-state index is 13.5. The third-order valence-corrected chi connectivity index (χ3v) is 4.35. The molecule has 0 radical (unpaired) electrons. The number of carbonyl (C=O) groups is 1. The Hall–Kier alpha value is -2.43. The van der Waals surface area contributed by atoms with Crippen LogP contribution in [0.1, 0.15) is 18.4 Å². The van der Waals surface area contributed by atoms with Crippen molar-refractivity contribution in [3.63, 3.8) is 0 Å². The van der Waals surface area contributed by atoms with Crippen molar-refractivity contribution in [3.05, 3.63) is 47.9 Å². The number of carbonyl (C=O) groups excluding carboxylic acids is 1. The number of halogens is 1. The summed E-state index contributed by atoms with van der Waals surface area (Å²) in [5, 5.41) is 2.94. The number of benzene rings is 1. The van der Waals surface area contributed by atoms with E-state index >= 15 is 0 Å². The van der Waals surface area contributed by atoms with E-state index in [2.05, 4.69) is 10.3 Å². The second-order valence-corrected chi connectivity index (χ2v) is 6.15. The van der Waals surface area contributed by atoms with Crippen LogP contribution in [0.15, 0.2) is 36.5 Å². The van der Waals surface area contributed by atoms with Gasteiger partial charge in [0.2, 0.25) is 5.88 Å². The van der Waals surface area contributed by atoms with Gasteiger partial charge in [0.1, 0.15) is 5.82 Å². The molecule has 1 aromatic carbocycles. The van der Waals surface area contributed by atoms with Crippen LogP contribution >= 0.6 is 0 Å². The molecule has 1 amide bonds. The first kappa shape index (κ1) is 14.2. The summed E-state index contributed by atoms with van der Waals surface area (Å²) in [6.45, 7) is 0.721. The highest BCUT2D eigenvalue weighted by Crippen LogP contribution is 2.35. The largest absolute Gasteiger partial charge is 0.464 e. The third kappa shape index (κ3) is 2.91. The smallest absolute Gasteiger partial charge is 0.261 e. The molecule has 1 unspecified atom stereocenters. The minimum atomic E-state index is -0.550. The summed E-state index contributed by atoms with van der Waals surface area (Å²) in [6, 6.07) is 8.25. The predicted octanol–water partition coefficient (Wildman–Crippen LogP) is 2.72. The predicted molar refractivity (Wildman–Crippen MR) is 83.5 cm³/mol. The quantitative estimate of drug-likeness (QED) is 0.944. The topological polar surface area (TPSA) is 51.2 Å². The molecule has 1 aromatic heterocycles. The van der Waals surface area contributed by atoms with E-state index in [-0.39, 0.29) is 11.7 Å². The Kier molecular flexibility index (Phi) is 3.48. The van der Waals surface area contributed by atoms with Crippen LogP contribution in [0.2, 0.25) is 0 Å². The Balaban J connectivity index is 1.56. The van der Waals surface area contributed by atoms with E-state index < -0.39 is 6.10 Å². The maximum Gasteiger partial charge on any atom is 0.261 e. The first-order valence-corrected chi connectivity index (χ1v) is 7.89. The van der Waals surface area contributed by atoms with Crippen LogP contribution in [-0.4, -0.2) is 23.5 Å². The van der Waals surface area contributed by atoms with E-state index in [4.69, 9.17) is 4.74 Å². The van der Waals surface area contributed by atoms with Crippen LogP contribution in [0.4, 0.5) is 4.39 Å². The molecule has 0 bridgehead atoms. The zero-order valence-electron chi connectivity index (χ0n) is 12.6. The lowest BCUT2D eigenvalue weighted by Crippen LogP contribution is -2.38. The Morgan fingerprint density at radius 2 is 2.22 bits per heavy atom. The van der Waals surface area contributed by atoms with Gasteiger partial charge in [-0.25, -0.2) is 9.37 Å². The lowest BCUT2D eigenvalue weighted by atomic mass is 9.98. The fourth-order valence-corrected chi connectivity index (χ4v) is 2.89. The molecule has 0 saturated heterocycles. The van der Waals surface area contributed by atoms with Gasteiger partial charge in [-0.05, 0) is 48.1 Å². The maximum absolute atomic E-state index is 13.5. The minimum absolute atomic E-state index is 0.0971. The average molecular weight is 312 g/mol. The van der Waals surface area contributed by atoms with Crippen LogP contribution in [0.25, 0.3) is 11.1 Å². The Morgan fingerprint density at radius 3 is 3.00 bits per heavy atom. The lowest BCUT2D eigenvalue weighted by Gasteiger charge is -2.10. The molecule has 118 valence electrons. The molecule has 0 spiro atoms. The summed E-state index contributed by atoms with van der Waals surface area (Å²) < 4.78 is 19.2. The van der Waals surface area contributed by atoms with Gasteiger partial charge in [0, 0.05) is 24.7 Å². The van der Waals surface area contributed by atoms with Crippen LogP contribution in [-0.2, 0) is 11.2 Å². The zero-order valence-corrected chi connectivity index (χ0v) is 12.6. The highest BCUT2D eigenvalue weighted by molar-refractivity contribution is 5.83. The molecule has 1 N–H and O–H groups in total. The number of amides is 1. The monoisotopic (exact) mass is 312 g/mol. The number of nitrogens with one attached hydrogen (secondary N) is 1. The summed E-state index contributed by atoms with van der Waals surface area (Å²) in [5.74, 6) is 0.716. The Labute approximate surface area is 133 Å². The number of ether oxygens (including phenoxy) is 1. The molecule has 1 atom stereocenters. The first-order valence-electron chi connectivity index (χ1n) is 7.89. The van der Waals surface area contributed by atoms with Crippen molar-refractivity contribution in [1.82, 2.24) is 10.3 Å². The van der Waals surface area contributed by atoms with Crippen molar-refractivity contribution in [1.29, 1.82) is 0 Å². The van der Waals surface area contributed by atoms with E-state index in [1.165, 1.54) is 25.0 Å². The van der Waals surface area contributed by atoms with Gasteiger partial charge < -0.3 is 10.1 Å². The Bertz CT molecular complexity index is 758. The molecule has 2 heterocycles. The highest BCUT2D eigenvalue weighted by Gasteiger charge is 2.33. The van der Waals surface area contributed by atoms with Crippen LogP contribution < -0.4 is 10.1 Å². The van der Waals surface area contributed by atoms with Gasteiger partial charge in [0.05, 0.1) is 0 Å². The van der Waals surface area contributed by atoms with Gasteiger partial charge in [-0.15, -0.1) is 0 Å². The summed E-state index contributed by atoms with van der Waals surface area (Å²) in [7, 11) is 0. The molecule has 4 rings (SSSR count). The van der Waals surface area contributed by atoms with Crippen molar-refractivity contribution in [3.8, 4) is 17.0 Å². The summed E-state index contributed by atoms with van der Waals surface area (Å²) >= 11 is 0. The van der Waals surface area contributed by atoms with Gasteiger partial charge in [-0.3, -0.25) is 4.79 Å². The number of nitrogens with zero attached hydrogens (tertiary/aromatic N) is 1. The Morgan fingerprint density at radius 1 is 1.35 bits per heavy atom. The molecule has 2 aromatic rings. The molecular weight excluding hydrogens is 295 g/mol. The fraction of sp³-hybridized carbons (Fsp3) is 0.333. The van der Waals surface area contributed by atoms with Crippen molar-refractivity contribution in [2.75, 3.05) is 6.54 Å². The van der Waals surface area contributed by atoms with E-state index in [0.717, 1.165) is 23.2 Å². The highest BCUT2D eigenvalue weighted by atomic mass is 19.1. The van der Waals surface area contributed by atoms with Crippen molar-refractivity contribution < 1.29 is 13.9 Å². The van der Waals surface area contributed by atoms with Gasteiger partial charge in [0.15, 0.2) is 6.10 Å². The number of fused-ring (bicyclic) bond motifs is 1. The van der Waals surface area contributed by atoms with E-state index in [1.54, 1.807) is 12.3 Å². The van der Waals surface area contributed by atoms with Crippen molar-refractivity contribution in [2.45, 2.75) is 25.4 Å². The second kappa shape index (κ2) is 5.65. The van der Waals surface area contributed by atoms with Crippen molar-refractivity contribution in [2.24, 2.45) is 5.92 Å². The lowest BCUT2D eigenvalue weighted by molar-refractivity contribution is -0.127. The van der Waals surface area contributed by atoms with Crippen molar-refractivity contribution >= 4 is 5.91 Å². The standard InChI is InChI=1S/C18H17FN2O2/c19-13-3-1-2-12(8-13)14-6-7-20-18-15(14)9-16(23-18)17(22)21-10-11-4-5-11/h1-3,6-8,11,16H,4-5,9-10H2,(H,21,22). The van der Waals surface area contributed by atoms with E-state index in [9.17, 15) is 9.18 Å². The zero-order chi connectivity index (χ0) is 15.8. The summed E-state index contributed by atoms with van der Waals surface area (Å²) in [4.78, 5) is 16.4. The SMILES string of the molecule is O=C(NCC1CC1)C1Cc2c(-c3cccc(F)c3)ccnc2O1. The molecule has 2 aliphatic rings. The number of hydrogen-bond donors (Lipinski definition) is 1. The molecule has 1 saturated carbocycles. The van der Waals surface area contributed by atoms with Gasteiger partial charge in [0.25, 0.3) is 5.91 Å². The third-order valence-electron chi connectivity index (χ3n) is 4.35. The summed E-state index contributed by atoms with van der Waals surface area (Å²) in [5.41, 5.74) is 2.50. The molecule has 1 fully saturated rings. The molecular formula is C18H17FN2O2. The number of hydrogen-bond acceptors (Lipinski definition) is 3. The molecule has 4 nitrogen and oxygen atoms in total. The molecule has 1 aliphatic carbocycles. The van der Waals surface area contributed by atoms with Gasteiger partial charge in [-0.2, -0.15) is 0 Å². The average Bonchev–Trinajstić information content (AvgIpc) is 3.28. The number of rotatable bonds is 4. The number of pyridine rings is 1. The normalized spacial score (nSPS) is 19.1. The molecule has 5 heteroatoms. The second-order valence-electron chi connectivity index (χ2n) is 6.15. The van der Waals surface area contributed by atoms with Crippen LogP contribution in [0.5, 0.6) is 5.88 Å².